The predicted octanol–water partition coefficient (Wildman–Crippen LogP) is 1.09. The van der Waals surface area contributed by atoms with E-state index >= 15 is 0 Å². The molecule has 9 nitrogen and oxygen atoms in total. The second kappa shape index (κ2) is 7.93. The lowest BCUT2D eigenvalue weighted by molar-refractivity contribution is -0.384. The van der Waals surface area contributed by atoms with E-state index in [2.05, 4.69) is 5.32 Å². The Morgan fingerprint density at radius 1 is 1.28 bits per heavy atom. The highest BCUT2D eigenvalue weighted by atomic mass is 16.6. The van der Waals surface area contributed by atoms with Crippen LogP contribution < -0.4 is 10.1 Å². The van der Waals surface area contributed by atoms with Crippen molar-refractivity contribution in [2.24, 2.45) is 0 Å². The summed E-state index contributed by atoms with van der Waals surface area (Å²) in [5.41, 5.74) is 0.274. The van der Waals surface area contributed by atoms with Crippen LogP contribution in [0.15, 0.2) is 18.2 Å². The summed E-state index contributed by atoms with van der Waals surface area (Å²) < 4.78 is 5.13. The van der Waals surface area contributed by atoms with Gasteiger partial charge in [0.25, 0.3) is 5.69 Å². The number of ether oxygens (including phenoxy) is 1. The average Bonchev–Trinajstić information content (AvgIpc) is 2.61. The smallest absolute Gasteiger partial charge is 0.273 e. The first kappa shape index (κ1) is 18.7. The second-order valence-electron chi connectivity index (χ2n) is 5.85. The van der Waals surface area contributed by atoms with Gasteiger partial charge in [0.1, 0.15) is 5.75 Å². The molecule has 1 aromatic rings. The van der Waals surface area contributed by atoms with Gasteiger partial charge in [-0.2, -0.15) is 0 Å². The van der Waals surface area contributed by atoms with Crippen LogP contribution in [0.5, 0.6) is 5.75 Å². The maximum atomic E-state index is 12.5. The molecule has 1 aliphatic rings. The maximum absolute atomic E-state index is 12.5. The van der Waals surface area contributed by atoms with Crippen LogP contribution in [0.1, 0.15) is 13.8 Å². The second-order valence-corrected chi connectivity index (χ2v) is 5.85. The van der Waals surface area contributed by atoms with Gasteiger partial charge in [-0.1, -0.05) is 0 Å². The first-order valence-corrected chi connectivity index (χ1v) is 7.96. The number of non-ortho nitro benzene ring substituents is 1. The number of hydrogen-bond acceptors (Lipinski definition) is 6. The summed E-state index contributed by atoms with van der Waals surface area (Å²) in [5, 5.41) is 13.6. The van der Waals surface area contributed by atoms with Crippen LogP contribution in [0.3, 0.4) is 0 Å². The number of carbonyl (C=O) groups excluding carboxylic acids is 2. The molecule has 0 aliphatic carbocycles. The number of nitrogens with zero attached hydrogens (tertiary/aromatic N) is 3. The van der Waals surface area contributed by atoms with Gasteiger partial charge in [0.05, 0.1) is 29.8 Å². The van der Waals surface area contributed by atoms with Gasteiger partial charge >= 0.3 is 0 Å². The largest absolute Gasteiger partial charge is 0.494 e. The van der Waals surface area contributed by atoms with Gasteiger partial charge in [0.2, 0.25) is 11.8 Å². The standard InChI is InChI=1S/C16H22N4O5/c1-11(18-6-8-19(9-7-18)12(2)21)16(22)17-14-5-4-13(20(23)24)10-15(14)25-3/h4-5,10-11H,6-9H2,1-3H3,(H,17,22)/t11-/m0/s1. The van der Waals surface area contributed by atoms with Crippen LogP contribution in [0.4, 0.5) is 11.4 Å². The fourth-order valence-corrected chi connectivity index (χ4v) is 2.72. The Hall–Kier alpha value is -2.68. The molecule has 1 heterocycles. The number of hydrogen-bond donors (Lipinski definition) is 1. The van der Waals surface area contributed by atoms with Gasteiger partial charge in [-0.3, -0.25) is 24.6 Å². The normalized spacial score (nSPS) is 16.2. The van der Waals surface area contributed by atoms with Crippen molar-refractivity contribution in [1.82, 2.24) is 9.80 Å². The van der Waals surface area contributed by atoms with E-state index in [4.69, 9.17) is 4.74 Å². The minimum atomic E-state index is -0.523. The Morgan fingerprint density at radius 2 is 1.92 bits per heavy atom. The topological polar surface area (TPSA) is 105 Å². The highest BCUT2D eigenvalue weighted by molar-refractivity contribution is 5.96. The molecule has 1 atom stereocenters. The third-order valence-electron chi connectivity index (χ3n) is 4.34. The van der Waals surface area contributed by atoms with Crippen LogP contribution in [0.2, 0.25) is 0 Å². The predicted molar refractivity (Wildman–Crippen MR) is 91.6 cm³/mol. The Kier molecular flexibility index (Phi) is 5.92. The molecule has 2 rings (SSSR count). The molecule has 2 amide bonds. The van der Waals surface area contributed by atoms with E-state index in [-0.39, 0.29) is 23.3 Å². The number of anilines is 1. The molecule has 0 saturated carbocycles. The lowest BCUT2D eigenvalue weighted by Crippen LogP contribution is -2.53. The minimum Gasteiger partial charge on any atom is -0.494 e. The number of piperazine rings is 1. The van der Waals surface area contributed by atoms with Gasteiger partial charge < -0.3 is 15.0 Å². The van der Waals surface area contributed by atoms with Crippen molar-refractivity contribution in [2.45, 2.75) is 19.9 Å². The number of rotatable bonds is 5. The van der Waals surface area contributed by atoms with Crippen LogP contribution in [-0.2, 0) is 9.59 Å². The van der Waals surface area contributed by atoms with E-state index < -0.39 is 11.0 Å². The summed E-state index contributed by atoms with van der Waals surface area (Å²) in [6, 6.07) is 3.64. The summed E-state index contributed by atoms with van der Waals surface area (Å²) >= 11 is 0. The van der Waals surface area contributed by atoms with Crippen LogP contribution in [0, 0.1) is 10.1 Å². The van der Waals surface area contributed by atoms with Gasteiger partial charge in [0, 0.05) is 39.2 Å². The number of nitro groups is 1. The Morgan fingerprint density at radius 3 is 2.44 bits per heavy atom. The monoisotopic (exact) mass is 350 g/mol. The summed E-state index contributed by atoms with van der Waals surface area (Å²) in [5.74, 6) is 0.0342. The van der Waals surface area contributed by atoms with Crippen molar-refractivity contribution in [2.75, 3.05) is 38.6 Å². The lowest BCUT2D eigenvalue weighted by atomic mass is 10.2. The molecule has 0 unspecified atom stereocenters. The van der Waals surface area contributed by atoms with E-state index in [0.29, 0.717) is 31.9 Å². The molecule has 25 heavy (non-hydrogen) atoms. The van der Waals surface area contributed by atoms with E-state index in [9.17, 15) is 19.7 Å². The third-order valence-corrected chi connectivity index (χ3v) is 4.34. The van der Waals surface area contributed by atoms with Crippen molar-refractivity contribution >= 4 is 23.2 Å². The van der Waals surface area contributed by atoms with Crippen molar-refractivity contribution in [3.8, 4) is 5.75 Å². The first-order valence-electron chi connectivity index (χ1n) is 7.96. The first-order chi connectivity index (χ1) is 11.8. The van der Waals surface area contributed by atoms with Crippen LogP contribution in [-0.4, -0.2) is 65.9 Å². The number of nitrogens with one attached hydrogen (secondary N) is 1. The third kappa shape index (κ3) is 4.44. The fraction of sp³-hybridized carbons (Fsp3) is 0.500. The molecule has 0 bridgehead atoms. The van der Waals surface area contributed by atoms with E-state index in [1.165, 1.54) is 32.2 Å². The molecule has 1 aromatic carbocycles. The molecule has 1 fully saturated rings. The molecule has 0 spiro atoms. The Labute approximate surface area is 145 Å². The zero-order valence-corrected chi connectivity index (χ0v) is 14.5. The zero-order valence-electron chi connectivity index (χ0n) is 14.5. The molecular weight excluding hydrogens is 328 g/mol. The van der Waals surface area contributed by atoms with Gasteiger partial charge in [-0.25, -0.2) is 0 Å². The lowest BCUT2D eigenvalue weighted by Gasteiger charge is -2.37. The summed E-state index contributed by atoms with van der Waals surface area (Å²) in [7, 11) is 1.39. The molecule has 9 heteroatoms. The van der Waals surface area contributed by atoms with Crippen molar-refractivity contribution in [1.29, 1.82) is 0 Å². The van der Waals surface area contributed by atoms with E-state index in [1.807, 2.05) is 4.90 Å². The van der Waals surface area contributed by atoms with Crippen LogP contribution >= 0.6 is 0 Å². The van der Waals surface area contributed by atoms with Gasteiger partial charge in [-0.15, -0.1) is 0 Å². The highest BCUT2D eigenvalue weighted by Crippen LogP contribution is 2.29. The van der Waals surface area contributed by atoms with Gasteiger partial charge in [0.15, 0.2) is 0 Å². The van der Waals surface area contributed by atoms with Crippen molar-refractivity contribution in [3.63, 3.8) is 0 Å². The SMILES string of the molecule is COc1cc([N+](=O)[O-])ccc1NC(=O)[C@H](C)N1CCN(C(C)=O)CC1. The van der Waals surface area contributed by atoms with Crippen molar-refractivity contribution in [3.05, 3.63) is 28.3 Å². The molecule has 0 aromatic heterocycles. The molecule has 1 aliphatic heterocycles. The molecule has 0 radical (unpaired) electrons. The minimum absolute atomic E-state index is 0.0346. The zero-order chi connectivity index (χ0) is 18.6. The Balaban J connectivity index is 2.02. The van der Waals surface area contributed by atoms with Crippen LogP contribution in [0.25, 0.3) is 0 Å². The number of benzene rings is 1. The van der Waals surface area contributed by atoms with E-state index in [0.717, 1.165) is 0 Å². The van der Waals surface area contributed by atoms with E-state index in [1.54, 1.807) is 11.8 Å². The maximum Gasteiger partial charge on any atom is 0.273 e. The highest BCUT2D eigenvalue weighted by Gasteiger charge is 2.27. The summed E-state index contributed by atoms with van der Waals surface area (Å²) in [4.78, 5) is 37.9. The number of methoxy groups -OCH3 is 1. The molecule has 1 saturated heterocycles. The molecular formula is C16H22N4O5. The molecule has 1 N–H and O–H groups in total. The fourth-order valence-electron chi connectivity index (χ4n) is 2.72. The van der Waals surface area contributed by atoms with Crippen molar-refractivity contribution < 1.29 is 19.2 Å². The molecule has 136 valence electrons. The summed E-state index contributed by atoms with van der Waals surface area (Å²) in [6.07, 6.45) is 0. The number of amides is 2. The summed E-state index contributed by atoms with van der Waals surface area (Å²) in [6.45, 7) is 5.74. The number of carbonyl (C=O) groups is 2. The average molecular weight is 350 g/mol. The quantitative estimate of drug-likeness (QED) is 0.630. The Bertz CT molecular complexity index is 670. The van der Waals surface area contributed by atoms with Gasteiger partial charge in [-0.05, 0) is 13.0 Å². The number of nitro benzene ring substituents is 1.